The van der Waals surface area contributed by atoms with Gasteiger partial charge in [-0.05, 0) is 25.8 Å². The molecule has 0 fully saturated rings. The topological polar surface area (TPSA) is 79.8 Å². The first kappa shape index (κ1) is 16.0. The Bertz CT molecular complexity index is 723. The van der Waals surface area contributed by atoms with E-state index < -0.39 is 6.17 Å². The Kier molecular flexibility index (Phi) is 4.63. The summed E-state index contributed by atoms with van der Waals surface area (Å²) >= 11 is 1.39. The lowest BCUT2D eigenvalue weighted by molar-refractivity contribution is 0.0983. The third-order valence-electron chi connectivity index (χ3n) is 3.82. The van der Waals surface area contributed by atoms with E-state index in [1.165, 1.54) is 11.8 Å². The molecule has 3 rings (SSSR count). The molecule has 6 heteroatoms. The number of rotatable bonds is 3. The van der Waals surface area contributed by atoms with Crippen LogP contribution in [0, 0.1) is 13.8 Å². The fourth-order valence-corrected chi connectivity index (χ4v) is 3.69. The number of nitrogens with zero attached hydrogens (tertiary/aromatic N) is 2. The van der Waals surface area contributed by atoms with E-state index in [2.05, 4.69) is 21.4 Å². The highest BCUT2D eigenvalue weighted by Crippen LogP contribution is 2.28. The van der Waals surface area contributed by atoms with Gasteiger partial charge < -0.3 is 11.1 Å². The fourth-order valence-electron chi connectivity index (χ4n) is 2.65. The molecular formula is C17H20N4OS. The molecule has 2 aliphatic heterocycles. The summed E-state index contributed by atoms with van der Waals surface area (Å²) in [5, 5.41) is 3.49. The third-order valence-corrected chi connectivity index (χ3v) is 5.00. The standard InChI is InChI=1S/C17H20N4OS/c1-10-5-6-13(11(2)8-10)14(22)15-16(18)21-17(23-15)20-12-4-3-7-19-9-12/h4-6,8-9,15-16H,3,7,18H2,1-2H3,(H,20,21). The van der Waals surface area contributed by atoms with Crippen molar-refractivity contribution in [2.45, 2.75) is 31.7 Å². The van der Waals surface area contributed by atoms with E-state index in [-0.39, 0.29) is 11.0 Å². The first-order chi connectivity index (χ1) is 11.0. The van der Waals surface area contributed by atoms with Crippen molar-refractivity contribution in [3.63, 3.8) is 0 Å². The predicted octanol–water partition coefficient (Wildman–Crippen LogP) is 2.19. The highest BCUT2D eigenvalue weighted by molar-refractivity contribution is 8.15. The van der Waals surface area contributed by atoms with Crippen LogP contribution in [0.5, 0.6) is 0 Å². The number of nitrogens with two attached hydrogens (primary N) is 1. The van der Waals surface area contributed by atoms with Crippen LogP contribution in [0.1, 0.15) is 27.9 Å². The Balaban J connectivity index is 1.71. The second kappa shape index (κ2) is 6.68. The van der Waals surface area contributed by atoms with Gasteiger partial charge in [-0.2, -0.15) is 0 Å². The molecule has 120 valence electrons. The quantitative estimate of drug-likeness (QED) is 0.834. The van der Waals surface area contributed by atoms with Crippen LogP contribution in [0.3, 0.4) is 0 Å². The molecule has 1 aromatic carbocycles. The largest absolute Gasteiger partial charge is 0.334 e. The Morgan fingerprint density at radius 1 is 1.39 bits per heavy atom. The van der Waals surface area contributed by atoms with Crippen molar-refractivity contribution < 1.29 is 4.79 Å². The normalized spacial score (nSPS) is 23.4. The minimum Gasteiger partial charge on any atom is -0.334 e. The van der Waals surface area contributed by atoms with Gasteiger partial charge in [0.2, 0.25) is 0 Å². The number of hydrogen-bond acceptors (Lipinski definition) is 6. The minimum atomic E-state index is -0.531. The molecule has 2 atom stereocenters. The van der Waals surface area contributed by atoms with Crippen molar-refractivity contribution in [1.82, 2.24) is 5.32 Å². The number of nitrogens with one attached hydrogen (secondary N) is 1. The molecule has 23 heavy (non-hydrogen) atoms. The molecule has 0 radical (unpaired) electrons. The van der Waals surface area contributed by atoms with E-state index in [0.29, 0.717) is 5.17 Å². The molecular weight excluding hydrogens is 308 g/mol. The van der Waals surface area contributed by atoms with Gasteiger partial charge in [-0.25, -0.2) is 4.99 Å². The van der Waals surface area contributed by atoms with E-state index in [1.54, 1.807) is 6.21 Å². The highest BCUT2D eigenvalue weighted by Gasteiger charge is 2.34. The number of carbonyl (C=O) groups is 1. The van der Waals surface area contributed by atoms with Crippen LogP contribution in [0.4, 0.5) is 0 Å². The summed E-state index contributed by atoms with van der Waals surface area (Å²) in [6.45, 7) is 4.79. The average Bonchev–Trinajstić information content (AvgIpc) is 2.88. The molecule has 0 bridgehead atoms. The molecule has 0 saturated carbocycles. The van der Waals surface area contributed by atoms with Crippen molar-refractivity contribution in [3.05, 3.63) is 46.7 Å². The van der Waals surface area contributed by atoms with Gasteiger partial charge in [0, 0.05) is 18.3 Å². The summed E-state index contributed by atoms with van der Waals surface area (Å²) in [6.07, 6.45) is 4.24. The lowest BCUT2D eigenvalue weighted by Gasteiger charge is -2.14. The van der Waals surface area contributed by atoms with Gasteiger partial charge in [0.05, 0.1) is 5.70 Å². The number of hydrogen-bond donors (Lipinski definition) is 2. The summed E-state index contributed by atoms with van der Waals surface area (Å²) in [5.41, 5.74) is 9.82. The maximum absolute atomic E-state index is 12.8. The Hall–Kier alpha value is -1.92. The predicted molar refractivity (Wildman–Crippen MR) is 96.2 cm³/mol. The number of benzene rings is 1. The maximum Gasteiger partial charge on any atom is 0.180 e. The van der Waals surface area contributed by atoms with Crippen LogP contribution in [0.2, 0.25) is 0 Å². The van der Waals surface area contributed by atoms with Gasteiger partial charge in [-0.1, -0.05) is 41.6 Å². The second-order valence-electron chi connectivity index (χ2n) is 5.75. The van der Waals surface area contributed by atoms with Crippen molar-refractivity contribution in [1.29, 1.82) is 0 Å². The molecule has 0 amide bonds. The molecule has 2 aliphatic rings. The van der Waals surface area contributed by atoms with Crippen LogP contribution >= 0.6 is 11.8 Å². The van der Waals surface area contributed by atoms with Crippen LogP contribution in [-0.4, -0.2) is 35.1 Å². The number of amidine groups is 1. The van der Waals surface area contributed by atoms with Gasteiger partial charge in [0.25, 0.3) is 0 Å². The minimum absolute atomic E-state index is 0.0341. The van der Waals surface area contributed by atoms with Gasteiger partial charge in [0.1, 0.15) is 11.4 Å². The Labute approximate surface area is 140 Å². The van der Waals surface area contributed by atoms with Crippen molar-refractivity contribution in [3.8, 4) is 0 Å². The molecule has 0 spiro atoms. The molecule has 1 aromatic rings. The third kappa shape index (κ3) is 3.54. The zero-order chi connectivity index (χ0) is 16.4. The van der Waals surface area contributed by atoms with Crippen LogP contribution in [0.25, 0.3) is 0 Å². The van der Waals surface area contributed by atoms with Crippen molar-refractivity contribution >= 4 is 28.9 Å². The number of ketones is 1. The first-order valence-electron chi connectivity index (χ1n) is 7.63. The van der Waals surface area contributed by atoms with E-state index in [9.17, 15) is 4.79 Å². The zero-order valence-corrected chi connectivity index (χ0v) is 14.1. The highest BCUT2D eigenvalue weighted by atomic mass is 32.2. The smallest absolute Gasteiger partial charge is 0.180 e. The van der Waals surface area contributed by atoms with E-state index in [0.717, 1.165) is 35.4 Å². The monoisotopic (exact) mass is 328 g/mol. The van der Waals surface area contributed by atoms with Crippen LogP contribution < -0.4 is 11.1 Å². The summed E-state index contributed by atoms with van der Waals surface area (Å²) in [4.78, 5) is 21.4. The lowest BCUT2D eigenvalue weighted by Crippen LogP contribution is -2.34. The summed E-state index contributed by atoms with van der Waals surface area (Å²) in [5.74, 6) is 0.0341. The van der Waals surface area contributed by atoms with E-state index in [1.807, 2.05) is 32.0 Å². The number of Topliss-reactive ketones (excluding diaryl/α,β-unsaturated/α-hetero) is 1. The molecule has 2 unspecified atom stereocenters. The molecule has 5 nitrogen and oxygen atoms in total. The number of aryl methyl sites for hydroxylation is 2. The number of carbonyl (C=O) groups excluding carboxylic acids is 1. The van der Waals surface area contributed by atoms with E-state index >= 15 is 0 Å². The Morgan fingerprint density at radius 2 is 2.22 bits per heavy atom. The lowest BCUT2D eigenvalue weighted by atomic mass is 9.99. The van der Waals surface area contributed by atoms with Crippen molar-refractivity contribution in [2.24, 2.45) is 15.7 Å². The average molecular weight is 328 g/mol. The molecule has 0 aromatic heterocycles. The second-order valence-corrected chi connectivity index (χ2v) is 6.88. The number of dihydropyridines is 1. The van der Waals surface area contributed by atoms with Crippen LogP contribution in [0.15, 0.2) is 40.0 Å². The van der Waals surface area contributed by atoms with Gasteiger partial charge >= 0.3 is 0 Å². The molecule has 2 heterocycles. The Morgan fingerprint density at radius 3 is 2.91 bits per heavy atom. The van der Waals surface area contributed by atoms with Gasteiger partial charge in [0.15, 0.2) is 11.0 Å². The molecule has 0 aliphatic carbocycles. The fraction of sp³-hybridized carbons (Fsp3) is 0.353. The number of aliphatic imine (C=N–C) groups is 2. The SMILES string of the molecule is Cc1ccc(C(=O)C2SC(NC3=CCCN=C3)=NC2N)c(C)c1. The zero-order valence-electron chi connectivity index (χ0n) is 13.2. The first-order valence-corrected chi connectivity index (χ1v) is 8.51. The summed E-state index contributed by atoms with van der Waals surface area (Å²) < 4.78 is 0. The van der Waals surface area contributed by atoms with Crippen molar-refractivity contribution in [2.75, 3.05) is 6.54 Å². The maximum atomic E-state index is 12.8. The van der Waals surface area contributed by atoms with Crippen LogP contribution in [-0.2, 0) is 0 Å². The molecule has 0 saturated heterocycles. The molecule has 3 N–H and O–H groups in total. The summed E-state index contributed by atoms with van der Waals surface area (Å²) in [6, 6.07) is 5.85. The number of allylic oxidation sites excluding steroid dienone is 1. The van der Waals surface area contributed by atoms with Gasteiger partial charge in [-0.15, -0.1) is 0 Å². The van der Waals surface area contributed by atoms with E-state index in [4.69, 9.17) is 5.73 Å². The van der Waals surface area contributed by atoms with Gasteiger partial charge in [-0.3, -0.25) is 9.79 Å². The summed E-state index contributed by atoms with van der Waals surface area (Å²) in [7, 11) is 0. The number of thioether (sulfide) groups is 1.